The number of rotatable bonds is 5. The van der Waals surface area contributed by atoms with Crippen molar-refractivity contribution in [3.8, 4) is 0 Å². The Morgan fingerprint density at radius 3 is 2.42 bits per heavy atom. The van der Waals surface area contributed by atoms with Crippen LogP contribution in [-0.2, 0) is 11.8 Å². The first-order valence-electron chi connectivity index (χ1n) is 20.3. The van der Waals surface area contributed by atoms with Gasteiger partial charge in [0.05, 0.1) is 14.1 Å². The topological polar surface area (TPSA) is 6.48 Å². The molecule has 3 heterocycles. The number of para-hydroxylation sites is 2. The Morgan fingerprint density at radius 2 is 1.58 bits per heavy atom. The molecule has 0 bridgehead atoms. The average molecular weight is 697 g/mol. The lowest BCUT2D eigenvalue weighted by Crippen LogP contribution is -2.61. The third-order valence-electron chi connectivity index (χ3n) is 14.4. The van der Waals surface area contributed by atoms with Crippen molar-refractivity contribution in [3.05, 3.63) is 161 Å². The second-order valence-corrected chi connectivity index (χ2v) is 21.3. The lowest BCUT2D eigenvalue weighted by molar-refractivity contribution is 0.360. The number of allylic oxidation sites excluding steroid dienone is 12. The van der Waals surface area contributed by atoms with Gasteiger partial charge in [0.2, 0.25) is 0 Å². The molecule has 0 saturated carbocycles. The number of aryl methyl sites for hydroxylation is 1. The fraction of sp³-hybridized carbons (Fsp3) is 0.347. The summed E-state index contributed by atoms with van der Waals surface area (Å²) in [6.07, 6.45) is 34.0. The minimum atomic E-state index is -1.57. The molecule has 0 amide bonds. The van der Waals surface area contributed by atoms with Crippen LogP contribution in [0, 0.1) is 5.92 Å². The number of hydrogen-bond donors (Lipinski definition) is 0. The van der Waals surface area contributed by atoms with E-state index < -0.39 is 8.07 Å². The maximum Gasteiger partial charge on any atom is 0.0986 e. The van der Waals surface area contributed by atoms with Gasteiger partial charge >= 0.3 is 0 Å². The maximum atomic E-state index is 2.74. The standard InChI is InChI=1S/C49H52N2Si/c1-3-49(2)42-33-36(24-28-40(42)41-29-27-39(34-43(41)49)50-30-12-14-37-13-4-5-15-44(37)50)21-20-35-22-25-38(26-23-35)51-45-16-6-8-18-47(45)52(31-10-11-32-52)48-19-9-7-17-46(48)51/h4-9,13,15-22,24-25,27-29,34,42,45,47H,3,10-12,14,23,26,30-33H2,1-2H3. The predicted molar refractivity (Wildman–Crippen MR) is 224 cm³/mol. The highest BCUT2D eigenvalue weighted by atomic mass is 28.3. The Balaban J connectivity index is 0.906. The summed E-state index contributed by atoms with van der Waals surface area (Å²) < 4.78 is 0. The minimum Gasteiger partial charge on any atom is -0.341 e. The van der Waals surface area contributed by atoms with E-state index in [0.717, 1.165) is 32.2 Å². The van der Waals surface area contributed by atoms with Gasteiger partial charge in [-0.25, -0.2) is 0 Å². The molecule has 7 aliphatic rings. The summed E-state index contributed by atoms with van der Waals surface area (Å²) in [6.45, 7) is 6.03. The zero-order valence-corrected chi connectivity index (χ0v) is 32.0. The highest BCUT2D eigenvalue weighted by molar-refractivity contribution is 6.95. The zero-order chi connectivity index (χ0) is 34.9. The van der Waals surface area contributed by atoms with E-state index >= 15 is 0 Å². The van der Waals surface area contributed by atoms with Gasteiger partial charge in [-0.2, -0.15) is 0 Å². The predicted octanol–water partition coefficient (Wildman–Crippen LogP) is 11.8. The number of hydrogen-bond acceptors (Lipinski definition) is 2. The molecule has 4 unspecified atom stereocenters. The van der Waals surface area contributed by atoms with Crippen molar-refractivity contribution in [3.63, 3.8) is 0 Å². The largest absolute Gasteiger partial charge is 0.341 e. The quantitative estimate of drug-likeness (QED) is 0.245. The van der Waals surface area contributed by atoms with Crippen LogP contribution in [0.25, 0.3) is 5.57 Å². The summed E-state index contributed by atoms with van der Waals surface area (Å²) in [5.41, 5.74) is 15.5. The number of anilines is 3. The minimum absolute atomic E-state index is 0.132. The molecule has 10 rings (SSSR count). The van der Waals surface area contributed by atoms with Gasteiger partial charge in [0.1, 0.15) is 0 Å². The molecule has 1 fully saturated rings. The molecular formula is C49H52N2Si. The van der Waals surface area contributed by atoms with Crippen molar-refractivity contribution in [1.29, 1.82) is 0 Å². The Labute approximate surface area is 312 Å². The van der Waals surface area contributed by atoms with Gasteiger partial charge < -0.3 is 9.80 Å². The molecule has 52 heavy (non-hydrogen) atoms. The highest BCUT2D eigenvalue weighted by Crippen LogP contribution is 2.57. The van der Waals surface area contributed by atoms with Gasteiger partial charge in [-0.05, 0) is 113 Å². The molecule has 0 N–H and O–H groups in total. The van der Waals surface area contributed by atoms with Crippen LogP contribution >= 0.6 is 0 Å². The first kappa shape index (κ1) is 32.3. The second-order valence-electron chi connectivity index (χ2n) is 16.8. The average Bonchev–Trinajstić information content (AvgIpc) is 3.79. The van der Waals surface area contributed by atoms with Gasteiger partial charge in [0.15, 0.2) is 0 Å². The third-order valence-corrected chi connectivity index (χ3v) is 20.2. The Hall–Kier alpha value is -4.34. The number of benzene rings is 3. The van der Waals surface area contributed by atoms with Gasteiger partial charge in [-0.15, -0.1) is 0 Å². The fourth-order valence-corrected chi connectivity index (χ4v) is 17.6. The van der Waals surface area contributed by atoms with Gasteiger partial charge in [0.25, 0.3) is 0 Å². The molecule has 262 valence electrons. The summed E-state index contributed by atoms with van der Waals surface area (Å²) in [4.78, 5) is 5.30. The molecular weight excluding hydrogens is 645 g/mol. The van der Waals surface area contributed by atoms with E-state index in [1.54, 1.807) is 16.3 Å². The van der Waals surface area contributed by atoms with E-state index in [2.05, 4.69) is 151 Å². The first-order chi connectivity index (χ1) is 25.6. The summed E-state index contributed by atoms with van der Waals surface area (Å²) in [6, 6.07) is 29.3. The molecule has 1 spiro atoms. The zero-order valence-electron chi connectivity index (χ0n) is 31.0. The van der Waals surface area contributed by atoms with E-state index in [1.165, 1.54) is 82.8 Å². The van der Waals surface area contributed by atoms with Crippen molar-refractivity contribution in [1.82, 2.24) is 0 Å². The Kier molecular flexibility index (Phi) is 7.87. The number of fused-ring (bicyclic) bond motifs is 8. The van der Waals surface area contributed by atoms with E-state index in [-0.39, 0.29) is 5.41 Å². The lowest BCUT2D eigenvalue weighted by atomic mass is 9.70. The van der Waals surface area contributed by atoms with Gasteiger partial charge in [-0.1, -0.05) is 136 Å². The van der Waals surface area contributed by atoms with Gasteiger partial charge in [-0.3, -0.25) is 0 Å². The monoisotopic (exact) mass is 696 g/mol. The van der Waals surface area contributed by atoms with Crippen LogP contribution in [-0.4, -0.2) is 20.7 Å². The van der Waals surface area contributed by atoms with Crippen LogP contribution in [0.15, 0.2) is 144 Å². The summed E-state index contributed by atoms with van der Waals surface area (Å²) >= 11 is 0. The van der Waals surface area contributed by atoms with Crippen molar-refractivity contribution < 1.29 is 0 Å². The van der Waals surface area contributed by atoms with Crippen molar-refractivity contribution in [2.24, 2.45) is 5.92 Å². The van der Waals surface area contributed by atoms with Crippen molar-refractivity contribution >= 4 is 35.9 Å². The van der Waals surface area contributed by atoms with Crippen LogP contribution < -0.4 is 15.0 Å². The highest BCUT2D eigenvalue weighted by Gasteiger charge is 2.53. The van der Waals surface area contributed by atoms with E-state index in [1.807, 2.05) is 0 Å². The molecule has 3 aromatic rings. The summed E-state index contributed by atoms with van der Waals surface area (Å²) in [5, 5.41) is 1.72. The molecule has 1 saturated heterocycles. The SMILES string of the molecule is CCC1(C)c2cc(N3CCCc4ccccc43)ccc2C2=CC=C(C=CC3=CC=C(N4c5ccccc5[Si]5(CCCC5)C5C=CC=CC54)CC3)CC21. The molecule has 0 aromatic heterocycles. The molecule has 3 aromatic carbocycles. The molecule has 0 radical (unpaired) electrons. The normalized spacial score (nSPS) is 28.1. The molecule has 4 aliphatic carbocycles. The number of nitrogens with zero attached hydrogens (tertiary/aromatic N) is 2. The lowest BCUT2D eigenvalue weighted by Gasteiger charge is -2.52. The summed E-state index contributed by atoms with van der Waals surface area (Å²) in [5.74, 6) is 0.518. The van der Waals surface area contributed by atoms with Crippen LogP contribution in [0.2, 0.25) is 17.6 Å². The summed E-state index contributed by atoms with van der Waals surface area (Å²) in [7, 11) is -1.57. The van der Waals surface area contributed by atoms with E-state index in [9.17, 15) is 0 Å². The molecule has 3 heteroatoms. The van der Waals surface area contributed by atoms with Gasteiger partial charge in [0, 0.05) is 40.3 Å². The van der Waals surface area contributed by atoms with Crippen LogP contribution in [0.5, 0.6) is 0 Å². The van der Waals surface area contributed by atoms with Crippen LogP contribution in [0.4, 0.5) is 17.1 Å². The molecule has 2 nitrogen and oxygen atoms in total. The van der Waals surface area contributed by atoms with Crippen LogP contribution in [0.3, 0.4) is 0 Å². The maximum absolute atomic E-state index is 2.74. The fourth-order valence-electron chi connectivity index (χ4n) is 11.5. The third kappa shape index (κ3) is 4.95. The second kappa shape index (κ2) is 12.7. The van der Waals surface area contributed by atoms with E-state index in [4.69, 9.17) is 0 Å². The molecule has 3 aliphatic heterocycles. The van der Waals surface area contributed by atoms with Crippen LogP contribution in [0.1, 0.15) is 75.5 Å². The first-order valence-corrected chi connectivity index (χ1v) is 22.8. The Bertz CT molecular complexity index is 2150. The smallest absolute Gasteiger partial charge is 0.0986 e. The van der Waals surface area contributed by atoms with Crippen molar-refractivity contribution in [2.75, 3.05) is 16.3 Å². The Morgan fingerprint density at radius 1 is 0.788 bits per heavy atom. The van der Waals surface area contributed by atoms with E-state index in [0.29, 0.717) is 17.5 Å². The molecule has 4 atom stereocenters. The van der Waals surface area contributed by atoms with Crippen molar-refractivity contribution in [2.45, 2.75) is 94.3 Å².